The van der Waals surface area contributed by atoms with Crippen LogP contribution in [0, 0.1) is 6.92 Å². The number of hydrogen-bond donors (Lipinski definition) is 0. The Morgan fingerprint density at radius 3 is 2.12 bits per heavy atom. The molecule has 0 unspecified atom stereocenters. The molecule has 122 valence electrons. The molecule has 0 aliphatic heterocycles. The van der Waals surface area contributed by atoms with E-state index in [-0.39, 0.29) is 4.90 Å². The third kappa shape index (κ3) is 3.99. The van der Waals surface area contributed by atoms with E-state index < -0.39 is 8.87 Å². The highest BCUT2D eigenvalue weighted by Crippen LogP contribution is 2.38. The first-order valence-electron chi connectivity index (χ1n) is 7.38. The fourth-order valence-electron chi connectivity index (χ4n) is 2.09. The molecule has 0 saturated carbocycles. The van der Waals surface area contributed by atoms with E-state index in [0.717, 1.165) is 16.4 Å². The Hall–Kier alpha value is -2.24. The normalized spacial score (nSPS) is 11.2. The average Bonchev–Trinajstić information content (AvgIpc) is 2.58. The van der Waals surface area contributed by atoms with Crippen LogP contribution in [-0.4, -0.2) is 8.42 Å². The van der Waals surface area contributed by atoms with E-state index in [4.69, 9.17) is 4.74 Å². The Morgan fingerprint density at radius 1 is 0.792 bits per heavy atom. The minimum absolute atomic E-state index is 0.285. The zero-order valence-electron chi connectivity index (χ0n) is 13.0. The largest absolute Gasteiger partial charge is 0.456 e. The van der Waals surface area contributed by atoms with E-state index in [9.17, 15) is 8.42 Å². The molecule has 0 spiro atoms. The molecule has 0 N–H and O–H groups in total. The molecule has 0 atom stereocenters. The second-order valence-corrected chi connectivity index (χ2v) is 9.02. The maximum absolute atomic E-state index is 12.6. The standard InChI is InChI=1S/C19H16O3S2/c1-15-11-13-17(14-12-15)24(20,21)23-19-10-6-5-9-18(19)22-16-7-3-2-4-8-16/h2-14H,1H3. The topological polar surface area (TPSA) is 43.4 Å². The van der Waals surface area contributed by atoms with Crippen LogP contribution in [0.4, 0.5) is 0 Å². The quantitative estimate of drug-likeness (QED) is 0.584. The second kappa shape index (κ2) is 7.11. The van der Waals surface area contributed by atoms with Gasteiger partial charge in [-0.3, -0.25) is 0 Å². The highest BCUT2D eigenvalue weighted by atomic mass is 33.1. The highest BCUT2D eigenvalue weighted by Gasteiger charge is 2.19. The molecule has 0 fully saturated rings. The molecule has 0 radical (unpaired) electrons. The molecular formula is C19H16O3S2. The first kappa shape index (κ1) is 16.6. The lowest BCUT2D eigenvalue weighted by Crippen LogP contribution is -1.96. The van der Waals surface area contributed by atoms with Gasteiger partial charge in [0.1, 0.15) is 11.5 Å². The van der Waals surface area contributed by atoms with Crippen molar-refractivity contribution in [2.24, 2.45) is 0 Å². The summed E-state index contributed by atoms with van der Waals surface area (Å²) in [5.74, 6) is 1.18. The first-order chi connectivity index (χ1) is 11.5. The fourth-order valence-corrected chi connectivity index (χ4v) is 4.96. The summed E-state index contributed by atoms with van der Waals surface area (Å²) in [7, 11) is -2.71. The maximum atomic E-state index is 12.6. The van der Waals surface area contributed by atoms with Gasteiger partial charge in [-0.05, 0) is 43.3 Å². The minimum Gasteiger partial charge on any atom is -0.456 e. The highest BCUT2D eigenvalue weighted by molar-refractivity contribution is 8.72. The Labute approximate surface area is 145 Å². The molecule has 3 aromatic carbocycles. The predicted molar refractivity (Wildman–Crippen MR) is 97.2 cm³/mol. The van der Waals surface area contributed by atoms with Gasteiger partial charge in [-0.2, -0.15) is 0 Å². The Morgan fingerprint density at radius 2 is 1.42 bits per heavy atom. The number of ether oxygens (including phenoxy) is 1. The molecule has 0 bridgehead atoms. The molecule has 0 aromatic heterocycles. The van der Waals surface area contributed by atoms with Crippen LogP contribution in [-0.2, 0) is 8.87 Å². The summed E-state index contributed by atoms with van der Waals surface area (Å²) in [4.78, 5) is 0.842. The molecule has 3 rings (SSSR count). The van der Waals surface area contributed by atoms with Crippen molar-refractivity contribution in [1.29, 1.82) is 0 Å². The van der Waals surface area contributed by atoms with E-state index in [1.54, 1.807) is 42.5 Å². The Bertz CT molecular complexity index is 918. The molecule has 3 nitrogen and oxygen atoms in total. The third-order valence-electron chi connectivity index (χ3n) is 3.33. The molecule has 0 aliphatic carbocycles. The molecule has 24 heavy (non-hydrogen) atoms. The number of aryl methyl sites for hydroxylation is 1. The van der Waals surface area contributed by atoms with Crippen molar-refractivity contribution < 1.29 is 13.2 Å². The summed E-state index contributed by atoms with van der Waals surface area (Å²) >= 11 is 0. The summed E-state index contributed by atoms with van der Waals surface area (Å²) in [6.07, 6.45) is 0. The van der Waals surface area contributed by atoms with Crippen molar-refractivity contribution >= 4 is 19.7 Å². The lowest BCUT2D eigenvalue weighted by Gasteiger charge is -2.11. The predicted octanol–water partition coefficient (Wildman–Crippen LogP) is 5.27. The molecule has 0 saturated heterocycles. The maximum Gasteiger partial charge on any atom is 0.234 e. The summed E-state index contributed by atoms with van der Waals surface area (Å²) in [6, 6.07) is 23.3. The molecule has 3 aromatic rings. The SMILES string of the molecule is Cc1ccc(S(=O)(=O)Sc2ccccc2Oc2ccccc2)cc1. The molecule has 0 aliphatic rings. The van der Waals surface area contributed by atoms with Gasteiger partial charge in [0, 0.05) is 10.8 Å². The van der Waals surface area contributed by atoms with Crippen LogP contribution in [0.15, 0.2) is 88.7 Å². The number of benzene rings is 3. The van der Waals surface area contributed by atoms with Crippen molar-refractivity contribution in [2.75, 3.05) is 0 Å². The van der Waals surface area contributed by atoms with Crippen molar-refractivity contribution in [1.82, 2.24) is 0 Å². The van der Waals surface area contributed by atoms with Gasteiger partial charge in [0.05, 0.1) is 9.79 Å². The second-order valence-electron chi connectivity index (χ2n) is 5.21. The Balaban J connectivity index is 1.89. The summed E-state index contributed by atoms with van der Waals surface area (Å²) < 4.78 is 31.1. The van der Waals surface area contributed by atoms with E-state index in [1.165, 1.54) is 0 Å². The van der Waals surface area contributed by atoms with Crippen molar-refractivity contribution in [3.8, 4) is 11.5 Å². The van der Waals surface area contributed by atoms with E-state index in [0.29, 0.717) is 16.4 Å². The van der Waals surface area contributed by atoms with Gasteiger partial charge in [-0.1, -0.05) is 48.0 Å². The lowest BCUT2D eigenvalue weighted by molar-refractivity contribution is 0.471. The van der Waals surface area contributed by atoms with Gasteiger partial charge in [-0.15, -0.1) is 0 Å². The molecule has 0 amide bonds. The van der Waals surface area contributed by atoms with E-state index >= 15 is 0 Å². The van der Waals surface area contributed by atoms with Gasteiger partial charge in [0.2, 0.25) is 8.87 Å². The van der Waals surface area contributed by atoms with Gasteiger partial charge in [0.25, 0.3) is 0 Å². The van der Waals surface area contributed by atoms with E-state index in [2.05, 4.69) is 0 Å². The molecular weight excluding hydrogens is 340 g/mol. The van der Waals surface area contributed by atoms with Crippen LogP contribution in [0.5, 0.6) is 11.5 Å². The van der Waals surface area contributed by atoms with Gasteiger partial charge in [-0.25, -0.2) is 8.42 Å². The van der Waals surface area contributed by atoms with Gasteiger partial charge >= 0.3 is 0 Å². The van der Waals surface area contributed by atoms with Crippen molar-refractivity contribution in [2.45, 2.75) is 16.7 Å². The van der Waals surface area contributed by atoms with Crippen molar-refractivity contribution in [3.63, 3.8) is 0 Å². The summed E-state index contributed by atoms with van der Waals surface area (Å²) in [5.41, 5.74) is 1.02. The molecule has 0 heterocycles. The molecule has 5 heteroatoms. The average molecular weight is 356 g/mol. The van der Waals surface area contributed by atoms with Crippen LogP contribution in [0.1, 0.15) is 5.56 Å². The summed E-state index contributed by atoms with van der Waals surface area (Å²) in [5, 5.41) is 0. The Kier molecular flexibility index (Phi) is 4.92. The number of rotatable bonds is 5. The summed E-state index contributed by atoms with van der Waals surface area (Å²) in [6.45, 7) is 1.92. The third-order valence-corrected chi connectivity index (χ3v) is 6.69. The van der Waals surface area contributed by atoms with E-state index in [1.807, 2.05) is 43.3 Å². The van der Waals surface area contributed by atoms with Gasteiger partial charge < -0.3 is 4.74 Å². The smallest absolute Gasteiger partial charge is 0.234 e. The zero-order chi connectivity index (χ0) is 17.0. The van der Waals surface area contributed by atoms with Crippen LogP contribution < -0.4 is 4.74 Å². The first-order valence-corrected chi connectivity index (χ1v) is 10.2. The van der Waals surface area contributed by atoms with Crippen molar-refractivity contribution in [3.05, 3.63) is 84.4 Å². The number of hydrogen-bond acceptors (Lipinski definition) is 4. The van der Waals surface area contributed by atoms with Crippen LogP contribution in [0.2, 0.25) is 0 Å². The van der Waals surface area contributed by atoms with Crippen LogP contribution in [0.3, 0.4) is 0 Å². The number of para-hydroxylation sites is 2. The lowest BCUT2D eigenvalue weighted by atomic mass is 10.2. The fraction of sp³-hybridized carbons (Fsp3) is 0.0526. The van der Waals surface area contributed by atoms with Crippen LogP contribution >= 0.6 is 10.8 Å². The monoisotopic (exact) mass is 356 g/mol. The minimum atomic E-state index is -3.51. The zero-order valence-corrected chi connectivity index (χ0v) is 14.7. The van der Waals surface area contributed by atoms with Crippen LogP contribution in [0.25, 0.3) is 0 Å². The van der Waals surface area contributed by atoms with Gasteiger partial charge in [0.15, 0.2) is 0 Å².